The summed E-state index contributed by atoms with van der Waals surface area (Å²) in [5.41, 5.74) is 2.92. The first-order chi connectivity index (χ1) is 21.5. The summed E-state index contributed by atoms with van der Waals surface area (Å²) in [6.07, 6.45) is 4.87. The monoisotopic (exact) mass is 686 g/mol. The van der Waals surface area contributed by atoms with Gasteiger partial charge in [-0.3, -0.25) is 19.2 Å². The summed E-state index contributed by atoms with van der Waals surface area (Å²) in [7, 11) is 1.86. The Morgan fingerprint density at radius 2 is 1.62 bits per heavy atom. The van der Waals surface area contributed by atoms with Gasteiger partial charge in [-0.05, 0) is 42.6 Å². The van der Waals surface area contributed by atoms with Crippen molar-refractivity contribution in [2.24, 2.45) is 0 Å². The Morgan fingerprint density at radius 3 is 2.13 bits per heavy atom. The molecule has 1 aromatic heterocycles. The van der Waals surface area contributed by atoms with Crippen molar-refractivity contribution in [1.29, 1.82) is 0 Å². The molecule has 1 aromatic carbocycles. The normalized spacial score (nSPS) is 9.49. The number of Topliss-reactive ketones (excluding diaryl/α,β-unsaturated/α-hetero) is 1. The molecular formula is C31H43ClN2O9S2. The molecule has 0 saturated carbocycles. The molecule has 1 amide bonds. The Kier molecular flexibility index (Phi) is 36.9. The number of nitrogens with one attached hydrogen (secondary N) is 2. The zero-order chi connectivity index (χ0) is 35.6. The van der Waals surface area contributed by atoms with Gasteiger partial charge in [0.15, 0.2) is 5.78 Å². The Balaban J connectivity index is -0.000000334. The highest BCUT2D eigenvalue weighted by Gasteiger charge is 2.11. The van der Waals surface area contributed by atoms with Crippen LogP contribution in [0.15, 0.2) is 72.7 Å². The lowest BCUT2D eigenvalue weighted by atomic mass is 10.2. The number of carbonyl (C=O) groups is 6. The molecule has 1 heterocycles. The number of thiophene rings is 1. The lowest BCUT2D eigenvalue weighted by Crippen LogP contribution is -2.29. The Morgan fingerprint density at radius 1 is 1.04 bits per heavy atom. The summed E-state index contributed by atoms with van der Waals surface area (Å²) in [5, 5.41) is 32.4. The average molecular weight is 687 g/mol. The number of hydrogen-bond acceptors (Lipinski definition) is 10. The van der Waals surface area contributed by atoms with Crippen LogP contribution in [-0.4, -0.2) is 78.5 Å². The smallest absolute Gasteiger partial charge is 0.307 e. The number of halogens is 1. The molecule has 0 saturated heterocycles. The van der Waals surface area contributed by atoms with E-state index >= 15 is 0 Å². The van der Waals surface area contributed by atoms with Crippen LogP contribution in [0.1, 0.15) is 41.1 Å². The van der Waals surface area contributed by atoms with E-state index in [-0.39, 0.29) is 31.3 Å². The number of carboxylic acid groups (broad SMARTS) is 2. The van der Waals surface area contributed by atoms with Crippen molar-refractivity contribution in [1.82, 2.24) is 10.6 Å². The van der Waals surface area contributed by atoms with E-state index in [1.54, 1.807) is 25.2 Å². The summed E-state index contributed by atoms with van der Waals surface area (Å²) in [5.74, 6) is -0.862. The summed E-state index contributed by atoms with van der Waals surface area (Å²) in [4.78, 5) is 59.6. The standard InChI is InChI=1S/C17H19ClN2O2S2.C8H12O3.C2H4O2.C2H4.2CH2O/c1-19-7-12-6-16(24-9-12)17(22)20-8-14(21)11-23-10-13-4-2-3-5-15(13)18;1-7(3-2-6-9)4-5-8(10)11;1-2(3)4;3*1-2/h2-6,9,19H,7-8,10-11H2,1H3,(H,20,22);2-4,9H,5-6H2,1H3,(H,10,11);1H3,(H,3,4);1-2H2;2*1H2/b;3-2-,7-4-;;;;. The number of rotatable bonds is 13. The summed E-state index contributed by atoms with van der Waals surface area (Å²) < 4.78 is 0. The molecule has 250 valence electrons. The van der Waals surface area contributed by atoms with Gasteiger partial charge in [-0.15, -0.1) is 36.3 Å². The van der Waals surface area contributed by atoms with E-state index < -0.39 is 11.9 Å². The molecule has 0 atom stereocenters. The second-order valence-electron chi connectivity index (χ2n) is 7.81. The van der Waals surface area contributed by atoms with Crippen molar-refractivity contribution < 1.29 is 44.1 Å². The van der Waals surface area contributed by atoms with Gasteiger partial charge in [0, 0.05) is 24.2 Å². The molecule has 2 rings (SSSR count). The molecule has 0 bridgehead atoms. The number of amides is 1. The quantitative estimate of drug-likeness (QED) is 0.143. The fourth-order valence-corrected chi connectivity index (χ4v) is 4.57. The van der Waals surface area contributed by atoms with Gasteiger partial charge in [0.2, 0.25) is 0 Å². The number of aliphatic hydroxyl groups is 1. The van der Waals surface area contributed by atoms with E-state index in [9.17, 15) is 14.4 Å². The Hall–Kier alpha value is -3.88. The van der Waals surface area contributed by atoms with Crippen molar-refractivity contribution in [2.75, 3.05) is 26.0 Å². The lowest BCUT2D eigenvalue weighted by Gasteiger charge is -2.05. The number of ketones is 1. The van der Waals surface area contributed by atoms with E-state index in [1.165, 1.54) is 23.1 Å². The summed E-state index contributed by atoms with van der Waals surface area (Å²) in [6, 6.07) is 9.42. The van der Waals surface area contributed by atoms with Crippen molar-refractivity contribution in [3.63, 3.8) is 0 Å². The first-order valence-electron chi connectivity index (χ1n) is 12.8. The number of benzene rings is 1. The molecular weight excluding hydrogens is 644 g/mol. The highest BCUT2D eigenvalue weighted by atomic mass is 35.5. The van der Waals surface area contributed by atoms with Crippen LogP contribution in [0, 0.1) is 0 Å². The molecule has 2 aromatic rings. The maximum absolute atomic E-state index is 12.0. The lowest BCUT2D eigenvalue weighted by molar-refractivity contribution is -0.136. The predicted octanol–water partition coefficient (Wildman–Crippen LogP) is 4.83. The molecule has 0 aliphatic heterocycles. The van der Waals surface area contributed by atoms with Gasteiger partial charge >= 0.3 is 5.97 Å². The number of aliphatic carboxylic acids is 2. The fraction of sp³-hybridized carbons (Fsp3) is 0.290. The number of allylic oxidation sites excluding steroid dienone is 2. The highest BCUT2D eigenvalue weighted by molar-refractivity contribution is 7.99. The largest absolute Gasteiger partial charge is 0.481 e. The molecule has 0 unspecified atom stereocenters. The van der Waals surface area contributed by atoms with E-state index in [0.717, 1.165) is 30.2 Å². The zero-order valence-electron chi connectivity index (χ0n) is 25.8. The van der Waals surface area contributed by atoms with Crippen molar-refractivity contribution in [2.45, 2.75) is 32.6 Å². The minimum atomic E-state index is -0.846. The highest BCUT2D eigenvalue weighted by Crippen LogP contribution is 2.20. The molecule has 0 spiro atoms. The van der Waals surface area contributed by atoms with Gasteiger partial charge in [-0.2, -0.15) is 0 Å². The van der Waals surface area contributed by atoms with Gasteiger partial charge in [0.25, 0.3) is 11.9 Å². The third-order valence-electron chi connectivity index (χ3n) is 4.27. The number of carboxylic acids is 2. The van der Waals surface area contributed by atoms with Gasteiger partial charge in [0.1, 0.15) is 13.6 Å². The summed E-state index contributed by atoms with van der Waals surface area (Å²) >= 11 is 8.95. The SMILES string of the molecule is C=C.C=O.C=O.CC(/C=C\CO)=C/CC(=O)O.CC(=O)O.CNCc1csc(C(=O)NCC(=O)CSCc2ccccc2Cl)c1. The molecule has 14 heteroatoms. The van der Waals surface area contributed by atoms with Gasteiger partial charge < -0.3 is 35.5 Å². The average Bonchev–Trinajstić information content (AvgIpc) is 3.51. The van der Waals surface area contributed by atoms with Crippen molar-refractivity contribution >= 4 is 71.9 Å². The van der Waals surface area contributed by atoms with Crippen LogP contribution >= 0.6 is 34.7 Å². The van der Waals surface area contributed by atoms with Crippen LogP contribution in [0.25, 0.3) is 0 Å². The minimum absolute atomic E-state index is 0.00703. The maximum atomic E-state index is 12.0. The maximum Gasteiger partial charge on any atom is 0.307 e. The first-order valence-corrected chi connectivity index (χ1v) is 15.2. The van der Waals surface area contributed by atoms with Gasteiger partial charge in [-0.25, -0.2) is 0 Å². The first kappa shape index (κ1) is 48.0. The molecule has 0 fully saturated rings. The second kappa shape index (κ2) is 34.6. The van der Waals surface area contributed by atoms with E-state index in [2.05, 4.69) is 23.8 Å². The molecule has 5 N–H and O–H groups in total. The van der Waals surface area contributed by atoms with Crippen molar-refractivity contribution in [3.8, 4) is 0 Å². The number of thioether (sulfide) groups is 1. The van der Waals surface area contributed by atoms with E-state index in [0.29, 0.717) is 21.4 Å². The van der Waals surface area contributed by atoms with E-state index in [4.69, 9.17) is 41.3 Å². The number of aliphatic hydroxyl groups excluding tert-OH is 1. The topological polar surface area (TPSA) is 187 Å². The third-order valence-corrected chi connectivity index (χ3v) is 6.66. The van der Waals surface area contributed by atoms with E-state index in [1.807, 2.05) is 56.3 Å². The van der Waals surface area contributed by atoms with Crippen LogP contribution in [-0.2, 0) is 36.3 Å². The van der Waals surface area contributed by atoms with Crippen LogP contribution in [0.2, 0.25) is 5.02 Å². The number of carbonyl (C=O) groups excluding carboxylic acids is 4. The van der Waals surface area contributed by atoms with Crippen molar-refractivity contribution in [3.05, 3.63) is 93.7 Å². The minimum Gasteiger partial charge on any atom is -0.481 e. The fourth-order valence-electron chi connectivity index (χ4n) is 2.55. The molecule has 45 heavy (non-hydrogen) atoms. The zero-order valence-corrected chi connectivity index (χ0v) is 28.1. The van der Waals surface area contributed by atoms with Crippen LogP contribution in [0.4, 0.5) is 0 Å². The summed E-state index contributed by atoms with van der Waals surface area (Å²) in [6.45, 7) is 13.6. The second-order valence-corrected chi connectivity index (χ2v) is 10.1. The van der Waals surface area contributed by atoms with Crippen LogP contribution in [0.3, 0.4) is 0 Å². The molecule has 11 nitrogen and oxygen atoms in total. The van der Waals surface area contributed by atoms with Gasteiger partial charge in [-0.1, -0.05) is 53.6 Å². The predicted molar refractivity (Wildman–Crippen MR) is 183 cm³/mol. The molecule has 0 radical (unpaired) electrons. The third kappa shape index (κ3) is 31.4. The molecule has 0 aliphatic rings. The van der Waals surface area contributed by atoms with Crippen LogP contribution in [0.5, 0.6) is 0 Å². The number of hydrogen-bond donors (Lipinski definition) is 5. The Labute approximate surface area is 278 Å². The Bertz CT molecular complexity index is 1160. The molecule has 0 aliphatic carbocycles. The van der Waals surface area contributed by atoms with Gasteiger partial charge in [0.05, 0.1) is 30.2 Å². The van der Waals surface area contributed by atoms with Crippen LogP contribution < -0.4 is 10.6 Å².